The molecule has 4 nitrogen and oxygen atoms in total. The number of nitrogens with one attached hydrogen (secondary N) is 1. The third kappa shape index (κ3) is 6.84. The fourth-order valence-electron chi connectivity index (χ4n) is 1.40. The summed E-state index contributed by atoms with van der Waals surface area (Å²) in [5, 5.41) is 12.5. The molecule has 0 amide bonds. The molecule has 90 valence electrons. The maximum atomic E-state index is 9.10. The normalized spacial score (nSPS) is 18.0. The van der Waals surface area contributed by atoms with Crippen molar-refractivity contribution in [2.45, 2.75) is 38.3 Å². The zero-order valence-corrected chi connectivity index (χ0v) is 9.58. The molecule has 0 radical (unpaired) electrons. The van der Waals surface area contributed by atoms with Crippen molar-refractivity contribution >= 4 is 0 Å². The summed E-state index contributed by atoms with van der Waals surface area (Å²) in [7, 11) is 0. The van der Waals surface area contributed by atoms with Crippen LogP contribution in [-0.2, 0) is 9.47 Å². The van der Waals surface area contributed by atoms with Crippen molar-refractivity contribution in [2.75, 3.05) is 33.0 Å². The van der Waals surface area contributed by atoms with Gasteiger partial charge in [-0.3, -0.25) is 0 Å². The number of hydrogen-bond donors (Lipinski definition) is 2. The van der Waals surface area contributed by atoms with E-state index in [9.17, 15) is 0 Å². The van der Waals surface area contributed by atoms with Gasteiger partial charge < -0.3 is 19.9 Å². The minimum atomic E-state index is 0.199. The standard InChI is InChI=1S/C11H23NO3/c1-2-14-7-8-15-6-5-11(9-13)12-10-3-4-10/h10-13H,2-9H2,1H3. The molecule has 1 fully saturated rings. The van der Waals surface area contributed by atoms with E-state index in [-0.39, 0.29) is 12.6 Å². The van der Waals surface area contributed by atoms with Crippen molar-refractivity contribution in [3.63, 3.8) is 0 Å². The number of aliphatic hydroxyl groups excluding tert-OH is 1. The Bertz CT molecular complexity index is 151. The summed E-state index contributed by atoms with van der Waals surface area (Å²) in [6.07, 6.45) is 3.38. The van der Waals surface area contributed by atoms with Crippen LogP contribution in [0.2, 0.25) is 0 Å². The summed E-state index contributed by atoms with van der Waals surface area (Å²) >= 11 is 0. The quantitative estimate of drug-likeness (QED) is 0.524. The Labute approximate surface area is 92.0 Å². The molecular formula is C11H23NO3. The summed E-state index contributed by atoms with van der Waals surface area (Å²) in [6.45, 7) is 4.92. The van der Waals surface area contributed by atoms with Crippen LogP contribution < -0.4 is 5.32 Å². The lowest BCUT2D eigenvalue weighted by molar-refractivity contribution is 0.0467. The molecule has 1 saturated carbocycles. The zero-order valence-electron chi connectivity index (χ0n) is 9.58. The fraction of sp³-hybridized carbons (Fsp3) is 1.00. The van der Waals surface area contributed by atoms with Crippen LogP contribution in [0.1, 0.15) is 26.2 Å². The molecule has 0 aromatic heterocycles. The van der Waals surface area contributed by atoms with Crippen LogP contribution in [0.4, 0.5) is 0 Å². The highest BCUT2D eigenvalue weighted by Crippen LogP contribution is 2.19. The van der Waals surface area contributed by atoms with Gasteiger partial charge in [-0.25, -0.2) is 0 Å². The van der Waals surface area contributed by atoms with E-state index in [0.717, 1.165) is 13.0 Å². The van der Waals surface area contributed by atoms with Crippen molar-refractivity contribution in [2.24, 2.45) is 0 Å². The first-order valence-electron chi connectivity index (χ1n) is 5.89. The second-order valence-electron chi connectivity index (χ2n) is 3.92. The van der Waals surface area contributed by atoms with Crippen LogP contribution in [-0.4, -0.2) is 50.2 Å². The van der Waals surface area contributed by atoms with Gasteiger partial charge in [-0.1, -0.05) is 0 Å². The Hall–Kier alpha value is -0.160. The molecule has 0 aromatic rings. The van der Waals surface area contributed by atoms with Gasteiger partial charge in [0.1, 0.15) is 0 Å². The molecule has 1 rings (SSSR count). The molecule has 1 unspecified atom stereocenters. The van der Waals surface area contributed by atoms with Gasteiger partial charge in [0.15, 0.2) is 0 Å². The van der Waals surface area contributed by atoms with E-state index < -0.39 is 0 Å². The topological polar surface area (TPSA) is 50.7 Å². The third-order valence-corrected chi connectivity index (χ3v) is 2.46. The largest absolute Gasteiger partial charge is 0.395 e. The second kappa shape index (κ2) is 8.05. The molecular weight excluding hydrogens is 194 g/mol. The summed E-state index contributed by atoms with van der Waals surface area (Å²) in [4.78, 5) is 0. The molecule has 1 aliphatic rings. The molecule has 0 aromatic carbocycles. The molecule has 1 aliphatic carbocycles. The number of hydrogen-bond acceptors (Lipinski definition) is 4. The molecule has 0 spiro atoms. The van der Waals surface area contributed by atoms with Gasteiger partial charge in [0.25, 0.3) is 0 Å². The predicted octanol–water partition coefficient (Wildman–Crippen LogP) is 0.542. The van der Waals surface area contributed by atoms with Crippen LogP contribution in [0.5, 0.6) is 0 Å². The Kier molecular flexibility index (Phi) is 6.92. The van der Waals surface area contributed by atoms with Crippen LogP contribution in [0, 0.1) is 0 Å². The Morgan fingerprint density at radius 3 is 2.60 bits per heavy atom. The summed E-state index contributed by atoms with van der Waals surface area (Å²) in [5.74, 6) is 0. The van der Waals surface area contributed by atoms with Gasteiger partial charge in [0, 0.05) is 25.3 Å². The molecule has 0 saturated heterocycles. The highest BCUT2D eigenvalue weighted by Gasteiger charge is 2.23. The van der Waals surface area contributed by atoms with E-state index in [1.165, 1.54) is 12.8 Å². The fourth-order valence-corrected chi connectivity index (χ4v) is 1.40. The van der Waals surface area contributed by atoms with Gasteiger partial charge >= 0.3 is 0 Å². The molecule has 1 atom stereocenters. The average Bonchev–Trinajstić information content (AvgIpc) is 3.05. The summed E-state index contributed by atoms with van der Waals surface area (Å²) in [5.41, 5.74) is 0. The Balaban J connectivity index is 1.87. The monoisotopic (exact) mass is 217 g/mol. The van der Waals surface area contributed by atoms with Crippen molar-refractivity contribution in [3.8, 4) is 0 Å². The second-order valence-corrected chi connectivity index (χ2v) is 3.92. The van der Waals surface area contributed by atoms with E-state index in [1.807, 2.05) is 6.92 Å². The van der Waals surface area contributed by atoms with Crippen LogP contribution >= 0.6 is 0 Å². The van der Waals surface area contributed by atoms with Gasteiger partial charge in [0.05, 0.1) is 19.8 Å². The summed E-state index contributed by atoms with van der Waals surface area (Å²) in [6, 6.07) is 0.843. The predicted molar refractivity (Wildman–Crippen MR) is 59.0 cm³/mol. The van der Waals surface area contributed by atoms with Crippen LogP contribution in [0.25, 0.3) is 0 Å². The van der Waals surface area contributed by atoms with Gasteiger partial charge in [-0.05, 0) is 26.2 Å². The Morgan fingerprint density at radius 2 is 2.00 bits per heavy atom. The number of ether oxygens (including phenoxy) is 2. The highest BCUT2D eigenvalue weighted by molar-refractivity contribution is 4.84. The molecule has 2 N–H and O–H groups in total. The molecule has 15 heavy (non-hydrogen) atoms. The number of aliphatic hydroxyl groups is 1. The van der Waals surface area contributed by atoms with E-state index in [2.05, 4.69) is 5.32 Å². The third-order valence-electron chi connectivity index (χ3n) is 2.46. The SMILES string of the molecule is CCOCCOCCC(CO)NC1CC1. The summed E-state index contributed by atoms with van der Waals surface area (Å²) < 4.78 is 10.5. The van der Waals surface area contributed by atoms with E-state index in [0.29, 0.717) is 25.9 Å². The molecule has 0 aliphatic heterocycles. The first-order chi connectivity index (χ1) is 7.36. The van der Waals surface area contributed by atoms with E-state index in [1.54, 1.807) is 0 Å². The first-order valence-corrected chi connectivity index (χ1v) is 5.89. The lowest BCUT2D eigenvalue weighted by atomic mass is 10.2. The van der Waals surface area contributed by atoms with Crippen LogP contribution in [0.15, 0.2) is 0 Å². The molecule has 0 heterocycles. The minimum Gasteiger partial charge on any atom is -0.395 e. The average molecular weight is 217 g/mol. The van der Waals surface area contributed by atoms with E-state index in [4.69, 9.17) is 14.6 Å². The van der Waals surface area contributed by atoms with Crippen molar-refractivity contribution in [1.29, 1.82) is 0 Å². The zero-order chi connectivity index (χ0) is 10.9. The minimum absolute atomic E-state index is 0.199. The maximum absolute atomic E-state index is 9.10. The maximum Gasteiger partial charge on any atom is 0.0700 e. The van der Waals surface area contributed by atoms with Gasteiger partial charge in [0.2, 0.25) is 0 Å². The smallest absolute Gasteiger partial charge is 0.0700 e. The van der Waals surface area contributed by atoms with Crippen LogP contribution in [0.3, 0.4) is 0 Å². The first kappa shape index (κ1) is 12.9. The number of rotatable bonds is 10. The molecule has 0 bridgehead atoms. The van der Waals surface area contributed by atoms with Gasteiger partial charge in [-0.2, -0.15) is 0 Å². The molecule has 4 heteroatoms. The van der Waals surface area contributed by atoms with Crippen molar-refractivity contribution in [1.82, 2.24) is 5.32 Å². The lowest BCUT2D eigenvalue weighted by Gasteiger charge is -2.15. The van der Waals surface area contributed by atoms with Gasteiger partial charge in [-0.15, -0.1) is 0 Å². The highest BCUT2D eigenvalue weighted by atomic mass is 16.5. The van der Waals surface area contributed by atoms with Crippen molar-refractivity contribution < 1.29 is 14.6 Å². The lowest BCUT2D eigenvalue weighted by Crippen LogP contribution is -2.35. The Morgan fingerprint density at radius 1 is 1.27 bits per heavy atom. The van der Waals surface area contributed by atoms with E-state index >= 15 is 0 Å². The van der Waals surface area contributed by atoms with Crippen molar-refractivity contribution in [3.05, 3.63) is 0 Å².